The fourth-order valence-electron chi connectivity index (χ4n) is 1.85. The molecular formula is C15H20N2O. The Morgan fingerprint density at radius 2 is 1.89 bits per heavy atom. The summed E-state index contributed by atoms with van der Waals surface area (Å²) >= 11 is 0. The van der Waals surface area contributed by atoms with E-state index in [9.17, 15) is 4.79 Å². The number of hydrogen-bond donors (Lipinski definition) is 1. The molecule has 1 amide bonds. The van der Waals surface area contributed by atoms with E-state index in [1.165, 1.54) is 16.7 Å². The Bertz CT molecular complexity index is 486. The molecule has 1 aromatic rings. The van der Waals surface area contributed by atoms with Gasteiger partial charge in [0.15, 0.2) is 0 Å². The van der Waals surface area contributed by atoms with E-state index in [0.717, 1.165) is 5.56 Å². The second kappa shape index (κ2) is 6.20. The number of rotatable bonds is 4. The minimum absolute atomic E-state index is 0.183. The fourth-order valence-corrected chi connectivity index (χ4v) is 1.85. The topological polar surface area (TPSA) is 52.9 Å². The predicted molar refractivity (Wildman–Crippen MR) is 71.9 cm³/mol. The highest BCUT2D eigenvalue weighted by atomic mass is 16.1. The van der Waals surface area contributed by atoms with Crippen molar-refractivity contribution in [3.8, 4) is 6.07 Å². The Kier molecular flexibility index (Phi) is 4.91. The number of carbonyl (C=O) groups is 1. The molecule has 96 valence electrons. The molecule has 0 bridgehead atoms. The van der Waals surface area contributed by atoms with Crippen LogP contribution in [0.4, 0.5) is 0 Å². The van der Waals surface area contributed by atoms with Crippen LogP contribution in [0.1, 0.15) is 35.6 Å². The van der Waals surface area contributed by atoms with Crippen molar-refractivity contribution in [1.29, 1.82) is 5.26 Å². The van der Waals surface area contributed by atoms with Gasteiger partial charge in [0.05, 0.1) is 6.07 Å². The smallest absolute Gasteiger partial charge is 0.237 e. The molecule has 1 unspecified atom stereocenters. The van der Waals surface area contributed by atoms with Crippen LogP contribution in [0, 0.1) is 38.0 Å². The Labute approximate surface area is 109 Å². The zero-order valence-electron chi connectivity index (χ0n) is 11.5. The van der Waals surface area contributed by atoms with E-state index < -0.39 is 5.92 Å². The van der Waals surface area contributed by atoms with Gasteiger partial charge in [0.2, 0.25) is 5.91 Å². The van der Waals surface area contributed by atoms with Crippen molar-refractivity contribution in [2.45, 2.75) is 40.7 Å². The third kappa shape index (κ3) is 3.33. The maximum atomic E-state index is 11.7. The van der Waals surface area contributed by atoms with Crippen LogP contribution in [-0.2, 0) is 11.3 Å². The lowest BCUT2D eigenvalue weighted by atomic mass is 10.0. The summed E-state index contributed by atoms with van der Waals surface area (Å²) in [5, 5.41) is 11.6. The van der Waals surface area contributed by atoms with Gasteiger partial charge in [-0.3, -0.25) is 4.79 Å². The molecule has 1 aromatic carbocycles. The Morgan fingerprint density at radius 1 is 1.28 bits per heavy atom. The monoisotopic (exact) mass is 244 g/mol. The highest BCUT2D eigenvalue weighted by Crippen LogP contribution is 2.15. The standard InChI is InChI=1S/C15H20N2O/c1-5-13(8-16)15(18)17-9-14-7-11(3)10(2)6-12(14)4/h6-7,13H,5,9H2,1-4H3,(H,17,18). The maximum absolute atomic E-state index is 11.7. The van der Waals surface area contributed by atoms with Gasteiger partial charge in [-0.2, -0.15) is 5.26 Å². The molecule has 0 aliphatic heterocycles. The largest absolute Gasteiger partial charge is 0.351 e. The van der Waals surface area contributed by atoms with Crippen molar-refractivity contribution in [1.82, 2.24) is 5.32 Å². The van der Waals surface area contributed by atoms with Gasteiger partial charge in [-0.15, -0.1) is 0 Å². The second-order valence-corrected chi connectivity index (χ2v) is 4.67. The molecule has 0 saturated heterocycles. The first kappa shape index (κ1) is 14.2. The number of carbonyl (C=O) groups excluding carboxylic acids is 1. The summed E-state index contributed by atoms with van der Waals surface area (Å²) in [5.41, 5.74) is 4.76. The third-order valence-electron chi connectivity index (χ3n) is 3.29. The number of nitriles is 1. The van der Waals surface area contributed by atoms with Gasteiger partial charge in [-0.25, -0.2) is 0 Å². The Morgan fingerprint density at radius 3 is 2.44 bits per heavy atom. The predicted octanol–water partition coefficient (Wildman–Crippen LogP) is 2.78. The van der Waals surface area contributed by atoms with Crippen LogP contribution in [0.25, 0.3) is 0 Å². The van der Waals surface area contributed by atoms with Crippen molar-refractivity contribution >= 4 is 5.91 Å². The van der Waals surface area contributed by atoms with E-state index >= 15 is 0 Å². The Hall–Kier alpha value is -1.82. The quantitative estimate of drug-likeness (QED) is 0.885. The van der Waals surface area contributed by atoms with Gasteiger partial charge < -0.3 is 5.32 Å². The molecule has 18 heavy (non-hydrogen) atoms. The minimum atomic E-state index is -0.545. The van der Waals surface area contributed by atoms with Crippen LogP contribution in [0.3, 0.4) is 0 Å². The number of aryl methyl sites for hydroxylation is 3. The van der Waals surface area contributed by atoms with Crippen LogP contribution in [0.2, 0.25) is 0 Å². The highest BCUT2D eigenvalue weighted by Gasteiger charge is 2.15. The molecule has 0 aromatic heterocycles. The maximum Gasteiger partial charge on any atom is 0.237 e. The lowest BCUT2D eigenvalue weighted by Crippen LogP contribution is -2.29. The molecule has 0 aliphatic rings. The van der Waals surface area contributed by atoms with Gasteiger partial charge in [0, 0.05) is 6.54 Å². The van der Waals surface area contributed by atoms with Crippen LogP contribution in [0.5, 0.6) is 0 Å². The summed E-state index contributed by atoms with van der Waals surface area (Å²) in [6, 6.07) is 6.23. The van der Waals surface area contributed by atoms with E-state index in [0.29, 0.717) is 13.0 Å². The summed E-state index contributed by atoms with van der Waals surface area (Å²) in [6.45, 7) is 8.51. The van der Waals surface area contributed by atoms with Gasteiger partial charge in [-0.05, 0) is 49.4 Å². The fraction of sp³-hybridized carbons (Fsp3) is 0.467. The first-order chi connectivity index (χ1) is 8.49. The molecule has 0 aliphatic carbocycles. The number of amides is 1. The minimum Gasteiger partial charge on any atom is -0.351 e. The molecule has 1 rings (SSSR count). The first-order valence-corrected chi connectivity index (χ1v) is 6.23. The second-order valence-electron chi connectivity index (χ2n) is 4.67. The number of benzene rings is 1. The molecule has 0 spiro atoms. The first-order valence-electron chi connectivity index (χ1n) is 6.23. The molecule has 0 heterocycles. The van der Waals surface area contributed by atoms with Crippen LogP contribution >= 0.6 is 0 Å². The normalized spacial score (nSPS) is 11.7. The number of hydrogen-bond acceptors (Lipinski definition) is 2. The highest BCUT2D eigenvalue weighted by molar-refractivity contribution is 5.80. The summed E-state index contributed by atoms with van der Waals surface area (Å²) in [5.74, 6) is -0.727. The molecule has 0 saturated carbocycles. The summed E-state index contributed by atoms with van der Waals surface area (Å²) in [6.07, 6.45) is 0.550. The van der Waals surface area contributed by atoms with E-state index in [4.69, 9.17) is 5.26 Å². The van der Waals surface area contributed by atoms with E-state index in [1.807, 2.05) is 19.9 Å². The van der Waals surface area contributed by atoms with E-state index in [1.54, 1.807) is 0 Å². The lowest BCUT2D eigenvalue weighted by Gasteiger charge is -2.12. The van der Waals surface area contributed by atoms with Gasteiger partial charge in [0.1, 0.15) is 5.92 Å². The molecular weight excluding hydrogens is 224 g/mol. The molecule has 0 fully saturated rings. The Balaban J connectivity index is 2.73. The summed E-state index contributed by atoms with van der Waals surface area (Å²) in [7, 11) is 0. The zero-order chi connectivity index (χ0) is 13.7. The lowest BCUT2D eigenvalue weighted by molar-refractivity contribution is -0.123. The van der Waals surface area contributed by atoms with Gasteiger partial charge >= 0.3 is 0 Å². The van der Waals surface area contributed by atoms with Crippen molar-refractivity contribution in [2.75, 3.05) is 0 Å². The van der Waals surface area contributed by atoms with Crippen molar-refractivity contribution < 1.29 is 4.79 Å². The van der Waals surface area contributed by atoms with Crippen molar-refractivity contribution in [3.63, 3.8) is 0 Å². The van der Waals surface area contributed by atoms with Crippen molar-refractivity contribution in [3.05, 3.63) is 34.4 Å². The SMILES string of the molecule is CCC(C#N)C(=O)NCc1cc(C)c(C)cc1C. The molecule has 3 nitrogen and oxygen atoms in total. The molecule has 1 atom stereocenters. The van der Waals surface area contributed by atoms with Gasteiger partial charge in [0.25, 0.3) is 0 Å². The number of nitrogens with zero attached hydrogens (tertiary/aromatic N) is 1. The van der Waals surface area contributed by atoms with Crippen LogP contribution < -0.4 is 5.32 Å². The average Bonchev–Trinajstić information content (AvgIpc) is 2.33. The average molecular weight is 244 g/mol. The molecule has 1 N–H and O–H groups in total. The summed E-state index contributed by atoms with van der Waals surface area (Å²) in [4.78, 5) is 11.7. The number of nitrogens with one attached hydrogen (secondary N) is 1. The van der Waals surface area contributed by atoms with E-state index in [2.05, 4.69) is 31.3 Å². The summed E-state index contributed by atoms with van der Waals surface area (Å²) < 4.78 is 0. The molecule has 3 heteroatoms. The molecule has 0 radical (unpaired) electrons. The van der Waals surface area contributed by atoms with Crippen LogP contribution in [-0.4, -0.2) is 5.91 Å². The van der Waals surface area contributed by atoms with Crippen molar-refractivity contribution in [2.24, 2.45) is 5.92 Å². The van der Waals surface area contributed by atoms with Crippen LogP contribution in [0.15, 0.2) is 12.1 Å². The zero-order valence-corrected chi connectivity index (χ0v) is 11.5. The van der Waals surface area contributed by atoms with E-state index in [-0.39, 0.29) is 5.91 Å². The van der Waals surface area contributed by atoms with Gasteiger partial charge in [-0.1, -0.05) is 19.1 Å². The third-order valence-corrected chi connectivity index (χ3v) is 3.29.